The van der Waals surface area contributed by atoms with E-state index in [0.717, 1.165) is 0 Å². The average molecular weight is 597 g/mol. The van der Waals surface area contributed by atoms with Crippen LogP contribution in [0.15, 0.2) is 158 Å². The Balaban J connectivity index is 1.33. The maximum atomic E-state index is 2.41. The summed E-state index contributed by atoms with van der Waals surface area (Å²) in [7, 11) is 0. The van der Waals surface area contributed by atoms with Crippen LogP contribution < -0.4 is 0 Å². The zero-order valence-corrected chi connectivity index (χ0v) is 26.5. The predicted octanol–water partition coefficient (Wildman–Crippen LogP) is 13.1. The second-order valence-corrected chi connectivity index (χ2v) is 13.6. The first-order valence-corrected chi connectivity index (χ1v) is 16.6. The molecule has 1 aliphatic carbocycles. The molecule has 9 aromatic carbocycles. The third-order valence-electron chi connectivity index (χ3n) is 10.8. The molecular formula is C47H32. The largest absolute Gasteiger partial charge is 0.0616 e. The highest BCUT2D eigenvalue weighted by atomic mass is 14.4. The van der Waals surface area contributed by atoms with E-state index in [-0.39, 0.29) is 5.41 Å². The summed E-state index contributed by atoms with van der Waals surface area (Å²) in [6.45, 7) is 4.78. The van der Waals surface area contributed by atoms with Crippen molar-refractivity contribution in [3.8, 4) is 33.4 Å². The Morgan fingerprint density at radius 3 is 1.49 bits per heavy atom. The van der Waals surface area contributed by atoms with Gasteiger partial charge in [-0.25, -0.2) is 0 Å². The van der Waals surface area contributed by atoms with Crippen LogP contribution in [0.3, 0.4) is 0 Å². The minimum Gasteiger partial charge on any atom is -0.0616 e. The monoisotopic (exact) mass is 596 g/mol. The molecule has 0 saturated carbocycles. The molecule has 10 rings (SSSR count). The fourth-order valence-electron chi connectivity index (χ4n) is 8.64. The Labute approximate surface area is 274 Å². The lowest BCUT2D eigenvalue weighted by molar-refractivity contribution is 0.661. The molecule has 0 radical (unpaired) electrons. The van der Waals surface area contributed by atoms with Gasteiger partial charge in [-0.15, -0.1) is 0 Å². The molecule has 0 spiro atoms. The minimum absolute atomic E-state index is 0.0931. The van der Waals surface area contributed by atoms with Crippen LogP contribution in [0.2, 0.25) is 0 Å². The van der Waals surface area contributed by atoms with Crippen LogP contribution in [0.1, 0.15) is 25.0 Å². The lowest BCUT2D eigenvalue weighted by Gasteiger charge is -2.22. The lowest BCUT2D eigenvalue weighted by Crippen LogP contribution is -2.14. The van der Waals surface area contributed by atoms with Crippen molar-refractivity contribution < 1.29 is 0 Å². The van der Waals surface area contributed by atoms with Crippen LogP contribution >= 0.6 is 0 Å². The summed E-state index contributed by atoms with van der Waals surface area (Å²) in [6.07, 6.45) is 0. The van der Waals surface area contributed by atoms with Crippen LogP contribution in [-0.4, -0.2) is 0 Å². The van der Waals surface area contributed by atoms with Gasteiger partial charge < -0.3 is 0 Å². The first-order valence-electron chi connectivity index (χ1n) is 16.6. The third kappa shape index (κ3) is 3.64. The first kappa shape index (κ1) is 26.5. The highest BCUT2D eigenvalue weighted by molar-refractivity contribution is 6.24. The van der Waals surface area contributed by atoms with Gasteiger partial charge in [0.25, 0.3) is 0 Å². The fourth-order valence-corrected chi connectivity index (χ4v) is 8.64. The molecule has 220 valence electrons. The van der Waals surface area contributed by atoms with Gasteiger partial charge in [0.05, 0.1) is 0 Å². The van der Waals surface area contributed by atoms with Crippen molar-refractivity contribution in [2.75, 3.05) is 0 Å². The second kappa shape index (κ2) is 9.64. The van der Waals surface area contributed by atoms with Gasteiger partial charge in [-0.2, -0.15) is 0 Å². The highest BCUT2D eigenvalue weighted by Crippen LogP contribution is 2.56. The quantitative estimate of drug-likeness (QED) is 0.138. The van der Waals surface area contributed by atoms with E-state index in [1.807, 2.05) is 0 Å². The van der Waals surface area contributed by atoms with Crippen LogP contribution in [0.25, 0.3) is 87.2 Å². The van der Waals surface area contributed by atoms with Crippen molar-refractivity contribution in [1.82, 2.24) is 0 Å². The molecule has 0 fully saturated rings. The third-order valence-corrected chi connectivity index (χ3v) is 10.8. The summed E-state index contributed by atoms with van der Waals surface area (Å²) in [6, 6.07) is 58.9. The molecule has 0 N–H and O–H groups in total. The van der Waals surface area contributed by atoms with Crippen molar-refractivity contribution in [3.63, 3.8) is 0 Å². The Bertz CT molecular complexity index is 2700. The topological polar surface area (TPSA) is 0 Å². The van der Waals surface area contributed by atoms with Crippen LogP contribution in [-0.2, 0) is 5.41 Å². The van der Waals surface area contributed by atoms with Gasteiger partial charge in [-0.3, -0.25) is 0 Å². The summed E-state index contributed by atoms with van der Waals surface area (Å²) >= 11 is 0. The SMILES string of the molecule is CC1(C)c2cccc(-c3c4ccccc4c(-c4ccc5ccc6ccccc6c5c4)c4ccccc34)c2-c2c1ccc1ccccc21. The lowest BCUT2D eigenvalue weighted by atomic mass is 9.80. The van der Waals surface area contributed by atoms with Gasteiger partial charge in [0, 0.05) is 5.41 Å². The van der Waals surface area contributed by atoms with Gasteiger partial charge in [0.15, 0.2) is 0 Å². The number of hydrogen-bond acceptors (Lipinski definition) is 0. The minimum atomic E-state index is -0.0931. The number of fused-ring (bicyclic) bond motifs is 10. The van der Waals surface area contributed by atoms with Crippen LogP contribution in [0.4, 0.5) is 0 Å². The molecule has 1 aliphatic rings. The fraction of sp³-hybridized carbons (Fsp3) is 0.0638. The van der Waals surface area contributed by atoms with E-state index in [9.17, 15) is 0 Å². The molecule has 0 atom stereocenters. The van der Waals surface area contributed by atoms with Crippen LogP contribution in [0, 0.1) is 0 Å². The molecule has 47 heavy (non-hydrogen) atoms. The summed E-state index contributed by atoms with van der Waals surface area (Å²) in [4.78, 5) is 0. The van der Waals surface area contributed by atoms with Crippen molar-refractivity contribution in [2.24, 2.45) is 0 Å². The Morgan fingerprint density at radius 2 is 0.809 bits per heavy atom. The Kier molecular flexibility index (Phi) is 5.44. The molecule has 0 amide bonds. The summed E-state index contributed by atoms with van der Waals surface area (Å²) in [5.41, 5.74) is 10.7. The molecule has 0 aliphatic heterocycles. The smallest absolute Gasteiger partial charge is 0.0159 e. The molecule has 0 nitrogen and oxygen atoms in total. The summed E-state index contributed by atoms with van der Waals surface area (Å²) in [5.74, 6) is 0. The zero-order chi connectivity index (χ0) is 31.3. The van der Waals surface area contributed by atoms with Crippen molar-refractivity contribution >= 4 is 53.9 Å². The van der Waals surface area contributed by atoms with E-state index in [1.165, 1.54) is 98.4 Å². The van der Waals surface area contributed by atoms with E-state index in [1.54, 1.807) is 0 Å². The van der Waals surface area contributed by atoms with Crippen LogP contribution in [0.5, 0.6) is 0 Å². The Morgan fingerprint density at radius 1 is 0.319 bits per heavy atom. The van der Waals surface area contributed by atoms with Crippen molar-refractivity contribution in [1.29, 1.82) is 0 Å². The molecule has 0 heterocycles. The van der Waals surface area contributed by atoms with E-state index in [4.69, 9.17) is 0 Å². The standard InChI is InChI=1S/C47H32/c1-47(2)41-21-11-20-39(46(41)45-34-15-6-4-13-30(34)26-27-42(45)47)44-37-18-9-7-16-35(37)43(36-17-8-10-19-38(36)44)32-25-24-31-23-22-29-12-3-5-14-33(29)40(31)28-32/h3-28H,1-2H3. The van der Waals surface area contributed by atoms with E-state index < -0.39 is 0 Å². The van der Waals surface area contributed by atoms with Gasteiger partial charge in [-0.1, -0.05) is 166 Å². The molecule has 0 unspecified atom stereocenters. The molecule has 0 bridgehead atoms. The number of benzene rings is 9. The van der Waals surface area contributed by atoms with Crippen molar-refractivity contribution in [3.05, 3.63) is 169 Å². The number of rotatable bonds is 2. The molecule has 9 aromatic rings. The van der Waals surface area contributed by atoms with Gasteiger partial charge >= 0.3 is 0 Å². The summed E-state index contributed by atoms with van der Waals surface area (Å²) < 4.78 is 0. The van der Waals surface area contributed by atoms with Gasteiger partial charge in [0.1, 0.15) is 0 Å². The highest BCUT2D eigenvalue weighted by Gasteiger charge is 2.38. The molecule has 0 aromatic heterocycles. The normalized spacial score (nSPS) is 13.5. The first-order chi connectivity index (χ1) is 23.1. The van der Waals surface area contributed by atoms with E-state index in [0.29, 0.717) is 0 Å². The van der Waals surface area contributed by atoms with Gasteiger partial charge in [0.2, 0.25) is 0 Å². The molecule has 0 heteroatoms. The summed E-state index contributed by atoms with van der Waals surface area (Å²) in [5, 5.41) is 12.9. The van der Waals surface area contributed by atoms with Gasteiger partial charge in [-0.05, 0) is 104 Å². The second-order valence-electron chi connectivity index (χ2n) is 13.6. The number of hydrogen-bond donors (Lipinski definition) is 0. The molecular weight excluding hydrogens is 565 g/mol. The maximum Gasteiger partial charge on any atom is 0.0159 e. The molecule has 0 saturated heterocycles. The van der Waals surface area contributed by atoms with E-state index in [2.05, 4.69) is 172 Å². The Hall–Kier alpha value is -5.72. The maximum absolute atomic E-state index is 2.41. The van der Waals surface area contributed by atoms with E-state index >= 15 is 0 Å². The predicted molar refractivity (Wildman–Crippen MR) is 202 cm³/mol. The van der Waals surface area contributed by atoms with Crippen molar-refractivity contribution in [2.45, 2.75) is 19.3 Å². The average Bonchev–Trinajstić information content (AvgIpc) is 3.37. The zero-order valence-electron chi connectivity index (χ0n) is 26.5.